The van der Waals surface area contributed by atoms with Crippen molar-refractivity contribution in [1.29, 1.82) is 0 Å². The van der Waals surface area contributed by atoms with Crippen LogP contribution in [0, 0.1) is 0 Å². The van der Waals surface area contributed by atoms with Crippen molar-refractivity contribution in [3.63, 3.8) is 0 Å². The van der Waals surface area contributed by atoms with Crippen molar-refractivity contribution in [2.75, 3.05) is 7.11 Å². The van der Waals surface area contributed by atoms with Gasteiger partial charge in [-0.05, 0) is 24.1 Å². The quantitative estimate of drug-likeness (QED) is 0.444. The van der Waals surface area contributed by atoms with Crippen LogP contribution in [0.25, 0.3) is 6.08 Å². The van der Waals surface area contributed by atoms with E-state index in [4.69, 9.17) is 0 Å². The zero-order valence-corrected chi connectivity index (χ0v) is 9.24. The molecule has 16 heavy (non-hydrogen) atoms. The summed E-state index contributed by atoms with van der Waals surface area (Å²) in [5.41, 5.74) is 1.60. The summed E-state index contributed by atoms with van der Waals surface area (Å²) in [6.45, 7) is 1.72. The highest BCUT2D eigenvalue weighted by Gasteiger charge is 2.07. The molecular weight excluding hydrogens is 207 g/mol. The van der Waals surface area contributed by atoms with Gasteiger partial charge < -0.3 is 4.74 Å². The minimum absolute atomic E-state index is 0.647. The molecule has 0 heterocycles. The summed E-state index contributed by atoms with van der Waals surface area (Å²) < 4.78 is 17.3. The number of ether oxygens (including phenoxy) is 1. The first-order valence-electron chi connectivity index (χ1n) is 4.82. The van der Waals surface area contributed by atoms with Gasteiger partial charge in [-0.15, -0.1) is 0 Å². The van der Waals surface area contributed by atoms with Gasteiger partial charge in [-0.1, -0.05) is 36.4 Å². The Morgan fingerprint density at radius 1 is 1.31 bits per heavy atom. The van der Waals surface area contributed by atoms with Crippen molar-refractivity contribution in [2.24, 2.45) is 0 Å². The normalized spacial score (nSPS) is 12.4. The first-order chi connectivity index (χ1) is 7.63. The number of rotatable bonds is 3. The number of carbonyl (C=O) groups excluding carboxylic acids is 1. The second-order valence-electron chi connectivity index (χ2n) is 3.28. The highest BCUT2D eigenvalue weighted by atomic mass is 19.1. The predicted molar refractivity (Wildman–Crippen MR) is 61.3 cm³/mol. The topological polar surface area (TPSA) is 26.3 Å². The van der Waals surface area contributed by atoms with Crippen LogP contribution in [0.15, 0.2) is 47.8 Å². The summed E-state index contributed by atoms with van der Waals surface area (Å²) in [6.07, 6.45) is 2.93. The maximum Gasteiger partial charge on any atom is 0.366 e. The first-order valence-corrected chi connectivity index (χ1v) is 4.82. The highest BCUT2D eigenvalue weighted by Crippen LogP contribution is 2.10. The molecule has 1 aromatic carbocycles. The molecule has 84 valence electrons. The van der Waals surface area contributed by atoms with Crippen LogP contribution in [0.3, 0.4) is 0 Å². The number of carbonyl (C=O) groups is 1. The Bertz CT molecular complexity index is 419. The summed E-state index contributed by atoms with van der Waals surface area (Å²) in [6, 6.07) is 9.47. The smallest absolute Gasteiger partial charge is 0.366 e. The van der Waals surface area contributed by atoms with Crippen molar-refractivity contribution in [1.82, 2.24) is 0 Å². The third kappa shape index (κ3) is 3.69. The number of halogens is 1. The van der Waals surface area contributed by atoms with Crippen LogP contribution >= 0.6 is 0 Å². The molecule has 0 aliphatic heterocycles. The van der Waals surface area contributed by atoms with Crippen LogP contribution in [0.4, 0.5) is 4.39 Å². The van der Waals surface area contributed by atoms with Crippen molar-refractivity contribution >= 4 is 12.0 Å². The van der Waals surface area contributed by atoms with Crippen LogP contribution in [0.2, 0.25) is 0 Å². The van der Waals surface area contributed by atoms with E-state index in [-0.39, 0.29) is 0 Å². The van der Waals surface area contributed by atoms with Crippen LogP contribution in [0.5, 0.6) is 0 Å². The standard InChI is InChI=1S/C13H13FO2/c1-10(9-12(14)13(15)16-2)8-11-6-4-3-5-7-11/h3-9H,1-2H3/b10-8+,12-9-. The summed E-state index contributed by atoms with van der Waals surface area (Å²) in [4.78, 5) is 10.8. The monoisotopic (exact) mass is 220 g/mol. The van der Waals surface area contributed by atoms with Crippen LogP contribution in [0.1, 0.15) is 12.5 Å². The van der Waals surface area contributed by atoms with Crippen molar-refractivity contribution in [3.05, 3.63) is 53.4 Å². The van der Waals surface area contributed by atoms with E-state index in [0.717, 1.165) is 18.7 Å². The molecule has 3 heteroatoms. The minimum atomic E-state index is -0.958. The van der Waals surface area contributed by atoms with Gasteiger partial charge in [0.25, 0.3) is 0 Å². The summed E-state index contributed by atoms with van der Waals surface area (Å²) in [5, 5.41) is 0. The van der Waals surface area contributed by atoms with E-state index in [0.29, 0.717) is 5.57 Å². The SMILES string of the molecule is COC(=O)/C(F)=C/C(C)=C/c1ccccc1. The van der Waals surface area contributed by atoms with Gasteiger partial charge in [-0.2, -0.15) is 4.39 Å². The molecule has 0 saturated heterocycles. The van der Waals surface area contributed by atoms with Gasteiger partial charge in [0.05, 0.1) is 7.11 Å². The number of methoxy groups -OCH3 is 1. The molecule has 0 fully saturated rings. The zero-order chi connectivity index (χ0) is 12.0. The van der Waals surface area contributed by atoms with E-state index in [1.807, 2.05) is 30.3 Å². The zero-order valence-electron chi connectivity index (χ0n) is 9.24. The van der Waals surface area contributed by atoms with E-state index in [9.17, 15) is 9.18 Å². The van der Waals surface area contributed by atoms with E-state index in [2.05, 4.69) is 4.74 Å². The maximum absolute atomic E-state index is 13.1. The predicted octanol–water partition coefficient (Wildman–Crippen LogP) is 3.12. The number of hydrogen-bond acceptors (Lipinski definition) is 2. The molecular formula is C13H13FO2. The summed E-state index contributed by atoms with van der Waals surface area (Å²) in [5.74, 6) is -1.85. The molecule has 0 aliphatic rings. The average molecular weight is 220 g/mol. The molecule has 0 atom stereocenters. The molecule has 0 N–H and O–H groups in total. The minimum Gasteiger partial charge on any atom is -0.464 e. The van der Waals surface area contributed by atoms with Gasteiger partial charge in [-0.3, -0.25) is 0 Å². The molecule has 0 bridgehead atoms. The Hall–Kier alpha value is -1.90. The van der Waals surface area contributed by atoms with Gasteiger partial charge in [0.15, 0.2) is 0 Å². The van der Waals surface area contributed by atoms with E-state index >= 15 is 0 Å². The lowest BCUT2D eigenvalue weighted by atomic mass is 10.1. The molecule has 0 aliphatic carbocycles. The number of hydrogen-bond donors (Lipinski definition) is 0. The molecule has 2 nitrogen and oxygen atoms in total. The van der Waals surface area contributed by atoms with E-state index < -0.39 is 11.8 Å². The Kier molecular flexibility index (Phi) is 4.45. The third-order valence-corrected chi connectivity index (χ3v) is 1.93. The number of allylic oxidation sites excluding steroid dienone is 2. The Morgan fingerprint density at radius 3 is 2.50 bits per heavy atom. The molecule has 0 aromatic heterocycles. The third-order valence-electron chi connectivity index (χ3n) is 1.93. The van der Waals surface area contributed by atoms with Crippen molar-refractivity contribution in [3.8, 4) is 0 Å². The first kappa shape index (κ1) is 12.2. The van der Waals surface area contributed by atoms with Crippen molar-refractivity contribution in [2.45, 2.75) is 6.92 Å². The molecule has 1 aromatic rings. The lowest BCUT2D eigenvalue weighted by Gasteiger charge is -1.97. The fourth-order valence-electron chi connectivity index (χ4n) is 1.21. The number of benzene rings is 1. The Labute approximate surface area is 94.0 Å². The second kappa shape index (κ2) is 5.85. The van der Waals surface area contributed by atoms with Gasteiger partial charge >= 0.3 is 5.97 Å². The van der Waals surface area contributed by atoms with E-state index in [1.54, 1.807) is 13.0 Å². The van der Waals surface area contributed by atoms with Gasteiger partial charge in [0, 0.05) is 0 Å². The largest absolute Gasteiger partial charge is 0.464 e. The lowest BCUT2D eigenvalue weighted by molar-refractivity contribution is -0.137. The summed E-state index contributed by atoms with van der Waals surface area (Å²) in [7, 11) is 1.14. The molecule has 0 spiro atoms. The van der Waals surface area contributed by atoms with Crippen LogP contribution in [-0.2, 0) is 9.53 Å². The number of esters is 1. The molecule has 0 saturated carbocycles. The maximum atomic E-state index is 13.1. The van der Waals surface area contributed by atoms with Gasteiger partial charge in [-0.25, -0.2) is 4.79 Å². The van der Waals surface area contributed by atoms with E-state index in [1.165, 1.54) is 0 Å². The Balaban J connectivity index is 2.83. The second-order valence-corrected chi connectivity index (χ2v) is 3.28. The summed E-state index contributed by atoms with van der Waals surface area (Å²) >= 11 is 0. The van der Waals surface area contributed by atoms with Crippen LogP contribution in [-0.4, -0.2) is 13.1 Å². The van der Waals surface area contributed by atoms with Crippen LogP contribution < -0.4 is 0 Å². The molecule has 1 rings (SSSR count). The Morgan fingerprint density at radius 2 is 1.94 bits per heavy atom. The average Bonchev–Trinajstić information content (AvgIpc) is 2.29. The van der Waals surface area contributed by atoms with Crippen molar-refractivity contribution < 1.29 is 13.9 Å². The fourth-order valence-corrected chi connectivity index (χ4v) is 1.21. The molecule has 0 unspecified atom stereocenters. The fraction of sp³-hybridized carbons (Fsp3) is 0.154. The van der Waals surface area contributed by atoms with Gasteiger partial charge in [0.2, 0.25) is 5.83 Å². The highest BCUT2D eigenvalue weighted by molar-refractivity contribution is 5.86. The molecule has 0 radical (unpaired) electrons. The lowest BCUT2D eigenvalue weighted by Crippen LogP contribution is -2.00. The van der Waals surface area contributed by atoms with Gasteiger partial charge in [0.1, 0.15) is 0 Å². The molecule has 0 amide bonds.